The Morgan fingerprint density at radius 3 is 2.88 bits per heavy atom. The van der Waals surface area contributed by atoms with Crippen molar-refractivity contribution in [3.63, 3.8) is 0 Å². The van der Waals surface area contributed by atoms with E-state index in [0.717, 1.165) is 0 Å². The van der Waals surface area contributed by atoms with Crippen LogP contribution in [0.4, 0.5) is 15.0 Å². The minimum atomic E-state index is -0.548. The lowest BCUT2D eigenvalue weighted by Crippen LogP contribution is -2.36. The number of hydrogen-bond donors (Lipinski definition) is 1. The Balaban J connectivity index is 1.46. The summed E-state index contributed by atoms with van der Waals surface area (Å²) in [6.07, 6.45) is 1.53. The fraction of sp³-hybridized carbons (Fsp3) is 0.391. The zero-order chi connectivity index (χ0) is 23.6. The third-order valence-electron chi connectivity index (χ3n) is 5.02. The molecule has 10 heteroatoms. The maximum absolute atomic E-state index is 14.2. The maximum atomic E-state index is 14.2. The summed E-state index contributed by atoms with van der Waals surface area (Å²) in [6.45, 7) is 6.65. The van der Waals surface area contributed by atoms with Gasteiger partial charge in [0.1, 0.15) is 29.4 Å². The lowest BCUT2D eigenvalue weighted by Gasteiger charge is -2.24. The molecule has 0 spiro atoms. The predicted molar refractivity (Wildman–Crippen MR) is 123 cm³/mol. The molecule has 0 unspecified atom stereocenters. The van der Waals surface area contributed by atoms with E-state index < -0.39 is 11.4 Å². The highest BCUT2D eigenvalue weighted by atomic mass is 35.5. The predicted octanol–water partition coefficient (Wildman–Crippen LogP) is 4.82. The van der Waals surface area contributed by atoms with E-state index in [9.17, 15) is 9.18 Å². The van der Waals surface area contributed by atoms with Crippen molar-refractivity contribution < 1.29 is 18.7 Å². The van der Waals surface area contributed by atoms with E-state index >= 15 is 0 Å². The van der Waals surface area contributed by atoms with Crippen LogP contribution in [0.5, 0.6) is 5.88 Å². The number of nitrogens with zero attached hydrogens (tertiary/aromatic N) is 4. The van der Waals surface area contributed by atoms with Crippen molar-refractivity contribution in [1.29, 1.82) is 0 Å². The molecule has 3 aromatic rings. The first-order chi connectivity index (χ1) is 15.7. The van der Waals surface area contributed by atoms with Crippen LogP contribution in [0.15, 0.2) is 36.7 Å². The number of anilines is 1. The van der Waals surface area contributed by atoms with Crippen LogP contribution in [-0.2, 0) is 11.3 Å². The van der Waals surface area contributed by atoms with Gasteiger partial charge in [0.15, 0.2) is 5.82 Å². The van der Waals surface area contributed by atoms with Gasteiger partial charge in [-0.25, -0.2) is 24.1 Å². The largest absolute Gasteiger partial charge is 0.472 e. The Morgan fingerprint density at radius 2 is 2.09 bits per heavy atom. The summed E-state index contributed by atoms with van der Waals surface area (Å²) in [5, 5.41) is 3.16. The number of nitrogens with one attached hydrogen (secondary N) is 1. The van der Waals surface area contributed by atoms with Gasteiger partial charge < -0.3 is 19.7 Å². The molecule has 0 radical (unpaired) electrons. The van der Waals surface area contributed by atoms with Crippen molar-refractivity contribution >= 4 is 34.5 Å². The highest BCUT2D eigenvalue weighted by molar-refractivity contribution is 6.30. The molecule has 1 aromatic carbocycles. The van der Waals surface area contributed by atoms with Crippen molar-refractivity contribution in [1.82, 2.24) is 19.9 Å². The first-order valence-electron chi connectivity index (χ1n) is 10.6. The van der Waals surface area contributed by atoms with Gasteiger partial charge in [-0.05, 0) is 32.9 Å². The van der Waals surface area contributed by atoms with E-state index in [-0.39, 0.29) is 23.8 Å². The molecule has 4 rings (SSSR count). The van der Waals surface area contributed by atoms with Crippen LogP contribution in [-0.4, -0.2) is 50.7 Å². The first-order valence-corrected chi connectivity index (χ1v) is 11.0. The third kappa shape index (κ3) is 5.60. The van der Waals surface area contributed by atoms with Crippen molar-refractivity contribution in [3.8, 4) is 5.88 Å². The van der Waals surface area contributed by atoms with Crippen LogP contribution in [0, 0.1) is 5.82 Å². The number of likely N-dealkylation sites (tertiary alicyclic amines) is 1. The van der Waals surface area contributed by atoms with Crippen LogP contribution in [0.1, 0.15) is 32.8 Å². The Labute approximate surface area is 196 Å². The Hall–Kier alpha value is -3.20. The average Bonchev–Trinajstić information content (AvgIpc) is 3.22. The summed E-state index contributed by atoms with van der Waals surface area (Å²) in [7, 11) is 0. The van der Waals surface area contributed by atoms with Gasteiger partial charge in [0, 0.05) is 31.1 Å². The standard InChI is InChI=1S/C23H25ClFN5O3/c1-23(2,3)33-22(31)30-10-9-15(12-30)32-18-8-7-17-20(29-18)21(28-13-27-17)26-11-14-5-4-6-16(24)19(14)25/h4-8,13,15H,9-12H2,1-3H3,(H,26,27,28)/t15-/m0/s1. The van der Waals surface area contributed by atoms with Crippen LogP contribution in [0.2, 0.25) is 5.02 Å². The summed E-state index contributed by atoms with van der Waals surface area (Å²) in [4.78, 5) is 27.0. The molecule has 8 nitrogen and oxygen atoms in total. The van der Waals surface area contributed by atoms with Gasteiger partial charge in [0.05, 0.1) is 17.1 Å². The molecular formula is C23H25ClFN5O3. The fourth-order valence-corrected chi connectivity index (χ4v) is 3.66. The number of aromatic nitrogens is 3. The van der Waals surface area contributed by atoms with Gasteiger partial charge in [-0.1, -0.05) is 23.7 Å². The van der Waals surface area contributed by atoms with Crippen LogP contribution < -0.4 is 10.1 Å². The molecular weight excluding hydrogens is 449 g/mol. The van der Waals surface area contributed by atoms with Gasteiger partial charge in [0.2, 0.25) is 5.88 Å². The Morgan fingerprint density at radius 1 is 1.27 bits per heavy atom. The minimum Gasteiger partial charge on any atom is -0.472 e. The first kappa shape index (κ1) is 23.0. The van der Waals surface area contributed by atoms with Crippen molar-refractivity contribution in [2.24, 2.45) is 0 Å². The van der Waals surface area contributed by atoms with Crippen LogP contribution >= 0.6 is 11.6 Å². The second-order valence-corrected chi connectivity index (χ2v) is 9.17. The second kappa shape index (κ2) is 9.35. The van der Waals surface area contributed by atoms with Crippen LogP contribution in [0.25, 0.3) is 11.0 Å². The lowest BCUT2D eigenvalue weighted by atomic mass is 10.2. The highest BCUT2D eigenvalue weighted by Crippen LogP contribution is 2.25. The lowest BCUT2D eigenvalue weighted by molar-refractivity contribution is 0.0275. The van der Waals surface area contributed by atoms with Crippen molar-refractivity contribution in [2.45, 2.75) is 45.4 Å². The molecule has 33 heavy (non-hydrogen) atoms. The number of benzene rings is 1. The summed E-state index contributed by atoms with van der Waals surface area (Å²) < 4.78 is 25.7. The molecule has 1 aliphatic rings. The van der Waals surface area contributed by atoms with E-state index in [1.807, 2.05) is 20.8 Å². The summed E-state index contributed by atoms with van der Waals surface area (Å²) >= 11 is 5.86. The highest BCUT2D eigenvalue weighted by Gasteiger charge is 2.31. The quantitative estimate of drug-likeness (QED) is 0.568. The normalized spacial score (nSPS) is 16.2. The number of carbonyl (C=O) groups excluding carboxylic acids is 1. The van der Waals surface area contributed by atoms with E-state index in [0.29, 0.717) is 47.8 Å². The zero-order valence-electron chi connectivity index (χ0n) is 18.6. The van der Waals surface area contributed by atoms with Crippen molar-refractivity contribution in [2.75, 3.05) is 18.4 Å². The molecule has 0 aliphatic carbocycles. The molecule has 1 fully saturated rings. The molecule has 1 aliphatic heterocycles. The molecule has 0 bridgehead atoms. The number of fused-ring (bicyclic) bond motifs is 1. The molecule has 1 saturated heterocycles. The number of ether oxygens (including phenoxy) is 2. The second-order valence-electron chi connectivity index (χ2n) is 8.76. The summed E-state index contributed by atoms with van der Waals surface area (Å²) in [6, 6.07) is 8.35. The Bertz CT molecular complexity index is 1170. The topological polar surface area (TPSA) is 89.5 Å². The van der Waals surface area contributed by atoms with E-state index in [1.54, 1.807) is 29.2 Å². The molecule has 1 N–H and O–H groups in total. The van der Waals surface area contributed by atoms with Gasteiger partial charge in [-0.3, -0.25) is 0 Å². The molecule has 1 atom stereocenters. The SMILES string of the molecule is CC(C)(C)OC(=O)N1CC[C@H](Oc2ccc3ncnc(NCc4cccc(Cl)c4F)c3n2)C1. The van der Waals surface area contributed by atoms with E-state index in [4.69, 9.17) is 21.1 Å². The Kier molecular flexibility index (Phi) is 6.51. The number of carbonyl (C=O) groups is 1. The maximum Gasteiger partial charge on any atom is 0.410 e. The number of pyridine rings is 1. The number of rotatable bonds is 5. The monoisotopic (exact) mass is 473 g/mol. The van der Waals surface area contributed by atoms with Crippen molar-refractivity contribution in [3.05, 3.63) is 53.1 Å². The summed E-state index contributed by atoms with van der Waals surface area (Å²) in [5.74, 6) is 0.370. The zero-order valence-corrected chi connectivity index (χ0v) is 19.4. The molecule has 0 saturated carbocycles. The molecule has 174 valence electrons. The summed E-state index contributed by atoms with van der Waals surface area (Å²) in [5.41, 5.74) is 0.982. The average molecular weight is 474 g/mol. The molecule has 3 heterocycles. The fourth-order valence-electron chi connectivity index (χ4n) is 3.47. The molecule has 2 aromatic heterocycles. The number of hydrogen-bond acceptors (Lipinski definition) is 7. The van der Waals surface area contributed by atoms with Gasteiger partial charge in [-0.15, -0.1) is 0 Å². The van der Waals surface area contributed by atoms with Gasteiger partial charge >= 0.3 is 6.09 Å². The third-order valence-corrected chi connectivity index (χ3v) is 5.31. The van der Waals surface area contributed by atoms with Gasteiger partial charge in [-0.2, -0.15) is 0 Å². The number of halogens is 2. The van der Waals surface area contributed by atoms with Crippen LogP contribution in [0.3, 0.4) is 0 Å². The molecule has 1 amide bonds. The van der Waals surface area contributed by atoms with E-state index in [2.05, 4.69) is 20.3 Å². The minimum absolute atomic E-state index is 0.0626. The van der Waals surface area contributed by atoms with E-state index in [1.165, 1.54) is 12.4 Å². The smallest absolute Gasteiger partial charge is 0.410 e. The van der Waals surface area contributed by atoms with Gasteiger partial charge in [0.25, 0.3) is 0 Å². The number of amides is 1.